The Morgan fingerprint density at radius 1 is 1.39 bits per heavy atom. The van der Waals surface area contributed by atoms with Gasteiger partial charge in [-0.15, -0.1) is 0 Å². The first-order valence-corrected chi connectivity index (χ1v) is 7.48. The van der Waals surface area contributed by atoms with Crippen LogP contribution in [-0.2, 0) is 6.61 Å². The molecule has 1 heterocycles. The lowest BCUT2D eigenvalue weighted by molar-refractivity contribution is 0.0701. The van der Waals surface area contributed by atoms with Crippen molar-refractivity contribution in [3.63, 3.8) is 0 Å². The first-order chi connectivity index (χ1) is 10.9. The second kappa shape index (κ2) is 7.26. The number of carbonyl (C=O) groups excluding carboxylic acids is 1. The maximum Gasteiger partial charge on any atom is 0.275 e. The van der Waals surface area contributed by atoms with Crippen molar-refractivity contribution in [3.8, 4) is 5.75 Å². The molecule has 0 unspecified atom stereocenters. The largest absolute Gasteiger partial charge is 0.484 e. The highest BCUT2D eigenvalue weighted by molar-refractivity contribution is 5.92. The van der Waals surface area contributed by atoms with Gasteiger partial charge in [0.25, 0.3) is 5.91 Å². The van der Waals surface area contributed by atoms with Crippen molar-refractivity contribution < 1.29 is 18.3 Å². The van der Waals surface area contributed by atoms with Crippen molar-refractivity contribution in [1.82, 2.24) is 9.88 Å². The van der Waals surface area contributed by atoms with Crippen LogP contribution in [0.4, 0.5) is 4.39 Å². The Labute approximate surface area is 135 Å². The Morgan fingerprint density at radius 3 is 2.78 bits per heavy atom. The molecule has 1 aromatic carbocycles. The highest BCUT2D eigenvalue weighted by atomic mass is 19.1. The molecule has 0 radical (unpaired) electrons. The molecule has 1 atom stereocenters. The molecule has 5 nitrogen and oxygen atoms in total. The molecule has 0 N–H and O–H groups in total. The number of benzene rings is 1. The van der Waals surface area contributed by atoms with Gasteiger partial charge in [0.2, 0.25) is 5.89 Å². The van der Waals surface area contributed by atoms with E-state index in [1.807, 2.05) is 6.92 Å². The predicted octanol–water partition coefficient (Wildman–Crippen LogP) is 3.51. The Morgan fingerprint density at radius 2 is 2.13 bits per heavy atom. The predicted molar refractivity (Wildman–Crippen MR) is 83.6 cm³/mol. The van der Waals surface area contributed by atoms with Crippen LogP contribution in [0.5, 0.6) is 5.75 Å². The summed E-state index contributed by atoms with van der Waals surface area (Å²) >= 11 is 0. The van der Waals surface area contributed by atoms with Crippen LogP contribution < -0.4 is 4.74 Å². The molecule has 0 aliphatic rings. The van der Waals surface area contributed by atoms with Gasteiger partial charge in [0, 0.05) is 19.2 Å². The minimum atomic E-state index is -0.380. The van der Waals surface area contributed by atoms with E-state index in [0.717, 1.165) is 0 Å². The van der Waals surface area contributed by atoms with Crippen LogP contribution in [0.3, 0.4) is 0 Å². The minimum Gasteiger partial charge on any atom is -0.484 e. The number of carbonyl (C=O) groups is 1. The average molecular weight is 320 g/mol. The third-order valence-corrected chi connectivity index (χ3v) is 3.83. The van der Waals surface area contributed by atoms with Gasteiger partial charge in [-0.05, 0) is 25.0 Å². The van der Waals surface area contributed by atoms with Crippen LogP contribution in [0.15, 0.2) is 34.9 Å². The van der Waals surface area contributed by atoms with E-state index in [1.165, 1.54) is 18.4 Å². The van der Waals surface area contributed by atoms with E-state index in [0.29, 0.717) is 11.7 Å². The van der Waals surface area contributed by atoms with Gasteiger partial charge in [0.15, 0.2) is 12.3 Å². The lowest BCUT2D eigenvalue weighted by atomic mass is 10.1. The van der Waals surface area contributed by atoms with E-state index in [9.17, 15) is 9.18 Å². The van der Waals surface area contributed by atoms with Gasteiger partial charge in [0.1, 0.15) is 17.8 Å². The molecule has 124 valence electrons. The van der Waals surface area contributed by atoms with E-state index in [4.69, 9.17) is 9.15 Å². The average Bonchev–Trinajstić information content (AvgIpc) is 2.99. The maximum atomic E-state index is 13.1. The maximum absolute atomic E-state index is 13.1. The number of halogens is 1. The van der Waals surface area contributed by atoms with Gasteiger partial charge in [0.05, 0.1) is 0 Å². The molecule has 1 amide bonds. The number of oxazole rings is 1. The smallest absolute Gasteiger partial charge is 0.275 e. The molecule has 0 aliphatic carbocycles. The summed E-state index contributed by atoms with van der Waals surface area (Å²) in [5.74, 6) is 0.401. The lowest BCUT2D eigenvalue weighted by Crippen LogP contribution is -2.38. The second-order valence-electron chi connectivity index (χ2n) is 5.77. The summed E-state index contributed by atoms with van der Waals surface area (Å²) in [6, 6.07) is 5.88. The van der Waals surface area contributed by atoms with E-state index >= 15 is 0 Å². The SMILES string of the molecule is CC(C)[C@H](C)N(C)C(=O)c1coc(COc2cccc(F)c2)n1. The van der Waals surface area contributed by atoms with Crippen molar-refractivity contribution in [2.75, 3.05) is 7.05 Å². The fourth-order valence-corrected chi connectivity index (χ4v) is 1.99. The fourth-order valence-electron chi connectivity index (χ4n) is 1.99. The van der Waals surface area contributed by atoms with Gasteiger partial charge in [-0.2, -0.15) is 0 Å². The molecule has 0 aliphatic heterocycles. The zero-order valence-corrected chi connectivity index (χ0v) is 13.7. The molecule has 0 saturated carbocycles. The van der Waals surface area contributed by atoms with Crippen LogP contribution in [0.25, 0.3) is 0 Å². The molecule has 2 rings (SSSR count). The number of nitrogens with zero attached hydrogens (tertiary/aromatic N) is 2. The highest BCUT2D eigenvalue weighted by Gasteiger charge is 2.22. The highest BCUT2D eigenvalue weighted by Crippen LogP contribution is 2.15. The molecular weight excluding hydrogens is 299 g/mol. The van der Waals surface area contributed by atoms with Crippen LogP contribution >= 0.6 is 0 Å². The first-order valence-electron chi connectivity index (χ1n) is 7.48. The molecule has 2 aromatic rings. The summed E-state index contributed by atoms with van der Waals surface area (Å²) in [6.07, 6.45) is 1.32. The van der Waals surface area contributed by atoms with E-state index < -0.39 is 0 Å². The van der Waals surface area contributed by atoms with Crippen LogP contribution in [0.2, 0.25) is 0 Å². The Bertz CT molecular complexity index is 669. The number of hydrogen-bond acceptors (Lipinski definition) is 4. The van der Waals surface area contributed by atoms with Crippen molar-refractivity contribution in [2.24, 2.45) is 5.92 Å². The van der Waals surface area contributed by atoms with Crippen molar-refractivity contribution in [1.29, 1.82) is 0 Å². The standard InChI is InChI=1S/C17H21FN2O3/c1-11(2)12(3)20(4)17(21)15-9-23-16(19-15)10-22-14-7-5-6-13(18)8-14/h5-9,11-12H,10H2,1-4H3/t12-/m0/s1. The van der Waals surface area contributed by atoms with Crippen LogP contribution in [0, 0.1) is 11.7 Å². The quantitative estimate of drug-likeness (QED) is 0.817. The van der Waals surface area contributed by atoms with Gasteiger partial charge >= 0.3 is 0 Å². The van der Waals surface area contributed by atoms with Gasteiger partial charge in [-0.25, -0.2) is 9.37 Å². The number of hydrogen-bond donors (Lipinski definition) is 0. The molecule has 0 bridgehead atoms. The zero-order chi connectivity index (χ0) is 17.0. The van der Waals surface area contributed by atoms with E-state index in [-0.39, 0.29) is 36.0 Å². The number of aromatic nitrogens is 1. The number of amides is 1. The topological polar surface area (TPSA) is 55.6 Å². The van der Waals surface area contributed by atoms with Crippen molar-refractivity contribution >= 4 is 5.91 Å². The molecule has 23 heavy (non-hydrogen) atoms. The summed E-state index contributed by atoms with van der Waals surface area (Å²) in [7, 11) is 1.74. The summed E-state index contributed by atoms with van der Waals surface area (Å²) in [4.78, 5) is 18.1. The van der Waals surface area contributed by atoms with Crippen molar-refractivity contribution in [3.05, 3.63) is 47.9 Å². The van der Waals surface area contributed by atoms with Crippen molar-refractivity contribution in [2.45, 2.75) is 33.4 Å². The molecule has 1 aromatic heterocycles. The van der Waals surface area contributed by atoms with Gasteiger partial charge in [-0.1, -0.05) is 19.9 Å². The third kappa shape index (κ3) is 4.31. The summed E-state index contributed by atoms with van der Waals surface area (Å²) in [5, 5.41) is 0. The Balaban J connectivity index is 1.99. The molecule has 6 heteroatoms. The van der Waals surface area contributed by atoms with Gasteiger partial charge < -0.3 is 14.1 Å². The lowest BCUT2D eigenvalue weighted by Gasteiger charge is -2.27. The van der Waals surface area contributed by atoms with Crippen LogP contribution in [0.1, 0.15) is 37.2 Å². The Hall–Kier alpha value is -2.37. The molecule has 0 saturated heterocycles. The third-order valence-electron chi connectivity index (χ3n) is 3.83. The monoisotopic (exact) mass is 320 g/mol. The summed E-state index contributed by atoms with van der Waals surface area (Å²) < 4.78 is 23.7. The molecule has 0 spiro atoms. The zero-order valence-electron chi connectivity index (χ0n) is 13.7. The number of ether oxygens (including phenoxy) is 1. The summed E-state index contributed by atoms with van der Waals surface area (Å²) in [5.41, 5.74) is 0.234. The minimum absolute atomic E-state index is 0.0280. The van der Waals surface area contributed by atoms with E-state index in [2.05, 4.69) is 18.8 Å². The summed E-state index contributed by atoms with van der Waals surface area (Å²) in [6.45, 7) is 6.11. The molecule has 0 fully saturated rings. The van der Waals surface area contributed by atoms with E-state index in [1.54, 1.807) is 24.1 Å². The first kappa shape index (κ1) is 17.0. The van der Waals surface area contributed by atoms with Gasteiger partial charge in [-0.3, -0.25) is 4.79 Å². The van der Waals surface area contributed by atoms with Crippen LogP contribution in [-0.4, -0.2) is 28.9 Å². The number of rotatable bonds is 6. The second-order valence-corrected chi connectivity index (χ2v) is 5.77. The molecular formula is C17H21FN2O3. The normalized spacial score (nSPS) is 12.3. The fraction of sp³-hybridized carbons (Fsp3) is 0.412. The Kier molecular flexibility index (Phi) is 5.36.